The summed E-state index contributed by atoms with van der Waals surface area (Å²) in [7, 11) is 0. The lowest BCUT2D eigenvalue weighted by Crippen LogP contribution is -2.07. The second kappa shape index (κ2) is 6.74. The number of aromatic amines is 1. The number of hydrogen-bond donors (Lipinski definition) is 2. The van der Waals surface area contributed by atoms with Crippen molar-refractivity contribution < 1.29 is 0 Å². The van der Waals surface area contributed by atoms with Crippen LogP contribution in [0.1, 0.15) is 18.5 Å². The molecule has 0 aliphatic carbocycles. The lowest BCUT2D eigenvalue weighted by atomic mass is 10.0. The van der Waals surface area contributed by atoms with Gasteiger partial charge in [-0.2, -0.15) is 5.10 Å². The van der Waals surface area contributed by atoms with Crippen LogP contribution in [0.15, 0.2) is 73.4 Å². The van der Waals surface area contributed by atoms with Crippen molar-refractivity contribution in [2.75, 3.05) is 5.32 Å². The number of nitrogens with zero attached hydrogens (tertiary/aromatic N) is 4. The lowest BCUT2D eigenvalue weighted by molar-refractivity contribution is 0.876. The van der Waals surface area contributed by atoms with Gasteiger partial charge in [0, 0.05) is 41.4 Å². The number of hydrogen-bond acceptors (Lipinski definition) is 5. The second-order valence-corrected chi connectivity index (χ2v) is 6.77. The van der Waals surface area contributed by atoms with Crippen molar-refractivity contribution in [1.82, 2.24) is 25.1 Å². The zero-order valence-corrected chi connectivity index (χ0v) is 15.3. The molecule has 0 amide bonds. The molecule has 0 saturated carbocycles. The minimum absolute atomic E-state index is 0.116. The number of aromatic nitrogens is 5. The Balaban J connectivity index is 1.61. The van der Waals surface area contributed by atoms with Crippen molar-refractivity contribution in [3.8, 4) is 11.1 Å². The van der Waals surface area contributed by atoms with Gasteiger partial charge in [0.25, 0.3) is 0 Å². The molecule has 0 radical (unpaired) electrons. The highest BCUT2D eigenvalue weighted by molar-refractivity contribution is 5.96. The van der Waals surface area contributed by atoms with E-state index in [0.717, 1.165) is 44.3 Å². The Hall–Kier alpha value is -3.80. The van der Waals surface area contributed by atoms with Crippen LogP contribution in [-0.4, -0.2) is 25.1 Å². The van der Waals surface area contributed by atoms with Crippen molar-refractivity contribution in [2.24, 2.45) is 0 Å². The van der Waals surface area contributed by atoms with E-state index in [1.54, 1.807) is 18.6 Å². The first-order chi connectivity index (χ1) is 13.8. The van der Waals surface area contributed by atoms with Gasteiger partial charge in [-0.05, 0) is 42.3 Å². The molecule has 0 spiro atoms. The number of benzene rings is 2. The zero-order valence-electron chi connectivity index (χ0n) is 15.3. The predicted molar refractivity (Wildman–Crippen MR) is 111 cm³/mol. The van der Waals surface area contributed by atoms with Gasteiger partial charge in [0.2, 0.25) is 0 Å². The number of pyridine rings is 1. The fraction of sp³-hybridized carbons (Fsp3) is 0.0909. The summed E-state index contributed by atoms with van der Waals surface area (Å²) in [6.45, 7) is 2.12. The molecule has 5 rings (SSSR count). The van der Waals surface area contributed by atoms with Crippen LogP contribution in [0.2, 0.25) is 0 Å². The van der Waals surface area contributed by atoms with E-state index in [2.05, 4.69) is 67.7 Å². The summed E-state index contributed by atoms with van der Waals surface area (Å²) in [6, 6.07) is 14.5. The first kappa shape index (κ1) is 16.4. The molecule has 6 heteroatoms. The summed E-state index contributed by atoms with van der Waals surface area (Å²) < 4.78 is 0. The summed E-state index contributed by atoms with van der Waals surface area (Å²) in [5, 5.41) is 11.8. The van der Waals surface area contributed by atoms with E-state index in [1.165, 1.54) is 0 Å². The zero-order chi connectivity index (χ0) is 18.9. The summed E-state index contributed by atoms with van der Waals surface area (Å²) in [5.41, 5.74) is 6.94. The standard InChI is InChI=1S/C22H18N6/c1-14(16-3-2-6-23-12-16)27-18-10-19(22-21(11-18)24-7-8-25-22)15-4-5-17-13-26-28-20(17)9-15/h2-14,27H,1H3,(H,26,28). The molecule has 0 aliphatic rings. The van der Waals surface area contributed by atoms with E-state index in [9.17, 15) is 0 Å². The van der Waals surface area contributed by atoms with Crippen LogP contribution in [-0.2, 0) is 0 Å². The van der Waals surface area contributed by atoms with Crippen LogP contribution in [0.25, 0.3) is 33.1 Å². The fourth-order valence-corrected chi connectivity index (χ4v) is 3.45. The second-order valence-electron chi connectivity index (χ2n) is 6.77. The molecule has 2 aromatic carbocycles. The minimum atomic E-state index is 0.116. The third-order valence-corrected chi connectivity index (χ3v) is 4.89. The predicted octanol–water partition coefficient (Wildman–Crippen LogP) is 4.74. The van der Waals surface area contributed by atoms with Crippen LogP contribution in [0, 0.1) is 0 Å². The van der Waals surface area contributed by atoms with E-state index in [-0.39, 0.29) is 6.04 Å². The van der Waals surface area contributed by atoms with Gasteiger partial charge in [-0.25, -0.2) is 0 Å². The smallest absolute Gasteiger partial charge is 0.0966 e. The molecule has 0 saturated heterocycles. The number of nitrogens with one attached hydrogen (secondary N) is 2. The largest absolute Gasteiger partial charge is 0.378 e. The average Bonchev–Trinajstić information content (AvgIpc) is 3.21. The van der Waals surface area contributed by atoms with E-state index in [1.807, 2.05) is 24.5 Å². The maximum absolute atomic E-state index is 4.58. The molecular formula is C22H18N6. The fourth-order valence-electron chi connectivity index (χ4n) is 3.45. The van der Waals surface area contributed by atoms with E-state index < -0.39 is 0 Å². The molecule has 28 heavy (non-hydrogen) atoms. The molecular weight excluding hydrogens is 348 g/mol. The van der Waals surface area contributed by atoms with Gasteiger partial charge in [0.15, 0.2) is 0 Å². The highest BCUT2D eigenvalue weighted by atomic mass is 15.1. The average molecular weight is 366 g/mol. The topological polar surface area (TPSA) is 79.4 Å². The Labute approximate surface area is 161 Å². The molecule has 0 aliphatic heterocycles. The normalized spacial score (nSPS) is 12.3. The van der Waals surface area contributed by atoms with E-state index in [0.29, 0.717) is 0 Å². The van der Waals surface area contributed by atoms with Crippen LogP contribution >= 0.6 is 0 Å². The highest BCUT2D eigenvalue weighted by Crippen LogP contribution is 2.32. The molecule has 136 valence electrons. The van der Waals surface area contributed by atoms with Crippen molar-refractivity contribution in [1.29, 1.82) is 0 Å². The van der Waals surface area contributed by atoms with Gasteiger partial charge in [-0.15, -0.1) is 0 Å². The summed E-state index contributed by atoms with van der Waals surface area (Å²) in [4.78, 5) is 13.3. The number of H-pyrrole nitrogens is 1. The molecule has 1 atom stereocenters. The minimum Gasteiger partial charge on any atom is -0.378 e. The third-order valence-electron chi connectivity index (χ3n) is 4.89. The van der Waals surface area contributed by atoms with Crippen LogP contribution in [0.3, 0.4) is 0 Å². The van der Waals surface area contributed by atoms with Crippen molar-refractivity contribution in [2.45, 2.75) is 13.0 Å². The summed E-state index contributed by atoms with van der Waals surface area (Å²) >= 11 is 0. The monoisotopic (exact) mass is 366 g/mol. The van der Waals surface area contributed by atoms with Gasteiger partial charge >= 0.3 is 0 Å². The van der Waals surface area contributed by atoms with Crippen LogP contribution in [0.4, 0.5) is 5.69 Å². The van der Waals surface area contributed by atoms with Gasteiger partial charge in [0.1, 0.15) is 0 Å². The summed E-state index contributed by atoms with van der Waals surface area (Å²) in [5.74, 6) is 0. The maximum Gasteiger partial charge on any atom is 0.0966 e. The van der Waals surface area contributed by atoms with Crippen LogP contribution < -0.4 is 5.32 Å². The molecule has 6 nitrogen and oxygen atoms in total. The Morgan fingerprint density at radius 3 is 2.79 bits per heavy atom. The Bertz CT molecular complexity index is 1260. The van der Waals surface area contributed by atoms with E-state index in [4.69, 9.17) is 0 Å². The molecule has 1 unspecified atom stereocenters. The molecule has 5 aromatic rings. The number of rotatable bonds is 4. The number of fused-ring (bicyclic) bond motifs is 2. The van der Waals surface area contributed by atoms with Gasteiger partial charge < -0.3 is 5.32 Å². The SMILES string of the molecule is CC(Nc1cc(-c2ccc3cn[nH]c3c2)c2nccnc2c1)c1cccnc1. The van der Waals surface area contributed by atoms with Crippen molar-refractivity contribution in [3.63, 3.8) is 0 Å². The Morgan fingerprint density at radius 2 is 1.89 bits per heavy atom. The maximum atomic E-state index is 4.58. The Morgan fingerprint density at radius 1 is 0.964 bits per heavy atom. The first-order valence-corrected chi connectivity index (χ1v) is 9.13. The lowest BCUT2D eigenvalue weighted by Gasteiger charge is -2.17. The third kappa shape index (κ3) is 2.95. The Kier molecular flexibility index (Phi) is 3.94. The quantitative estimate of drug-likeness (QED) is 0.480. The van der Waals surface area contributed by atoms with Crippen molar-refractivity contribution in [3.05, 3.63) is 79.0 Å². The molecule has 0 bridgehead atoms. The van der Waals surface area contributed by atoms with Crippen molar-refractivity contribution >= 4 is 27.6 Å². The molecule has 0 fully saturated rings. The van der Waals surface area contributed by atoms with Gasteiger partial charge in [0.05, 0.1) is 28.8 Å². The molecule has 3 heterocycles. The number of anilines is 1. The van der Waals surface area contributed by atoms with Gasteiger partial charge in [-0.1, -0.05) is 18.2 Å². The van der Waals surface area contributed by atoms with Gasteiger partial charge in [-0.3, -0.25) is 20.1 Å². The first-order valence-electron chi connectivity index (χ1n) is 9.13. The van der Waals surface area contributed by atoms with E-state index >= 15 is 0 Å². The summed E-state index contributed by atoms with van der Waals surface area (Å²) in [6.07, 6.45) is 8.94. The molecule has 3 aromatic heterocycles. The van der Waals surface area contributed by atoms with Crippen LogP contribution in [0.5, 0.6) is 0 Å². The highest BCUT2D eigenvalue weighted by Gasteiger charge is 2.12. The molecule has 2 N–H and O–H groups in total.